The van der Waals surface area contributed by atoms with Crippen molar-refractivity contribution in [3.05, 3.63) is 146 Å². The van der Waals surface area contributed by atoms with Crippen molar-refractivity contribution in [1.29, 1.82) is 0 Å². The van der Waals surface area contributed by atoms with Crippen LogP contribution in [0.15, 0.2) is 79.4 Å². The van der Waals surface area contributed by atoms with Crippen molar-refractivity contribution in [2.45, 2.75) is 102 Å². The number of benzene rings is 4. The van der Waals surface area contributed by atoms with Crippen LogP contribution in [0.2, 0.25) is 10.0 Å². The zero-order chi connectivity index (χ0) is 53.3. The molecule has 76 heavy (non-hydrogen) atoms. The second kappa shape index (κ2) is 27.2. The SMILES string of the molecule is CC(C)(C)OC(=O)N1CCC[C@H]1COC(=O)n1ccnc1.Cl.Cl.N[C@H]1CCc2c(C(=O)Nc3ccc(F)c(Cl)c3)ccc(F)c21.O=C(N[C@H]1CCc2c(C(=O)Nc3ccc(F)c(Cl)c3)ccc(F)c21)OC[C@@H]1CCCN1. The normalized spacial score (nSPS) is 17.9. The van der Waals surface area contributed by atoms with Crippen molar-refractivity contribution in [3.8, 4) is 0 Å². The number of halogens is 8. The maximum absolute atomic E-state index is 14.6. The predicted octanol–water partition coefficient (Wildman–Crippen LogP) is 11.3. The Labute approximate surface area is 458 Å². The van der Waals surface area contributed by atoms with Crippen LogP contribution in [0.5, 0.6) is 0 Å². The third-order valence-electron chi connectivity index (χ3n) is 12.5. The molecule has 2 aliphatic carbocycles. The van der Waals surface area contributed by atoms with Crippen LogP contribution in [0.25, 0.3) is 0 Å². The van der Waals surface area contributed by atoms with Crippen molar-refractivity contribution >= 4 is 89.5 Å². The van der Waals surface area contributed by atoms with Crippen LogP contribution in [0, 0.1) is 23.3 Å². The summed E-state index contributed by atoms with van der Waals surface area (Å²) in [7, 11) is 0. The van der Waals surface area contributed by atoms with Gasteiger partial charge in [-0.2, -0.15) is 0 Å². The molecule has 4 amide bonds. The predicted molar refractivity (Wildman–Crippen MR) is 283 cm³/mol. The fourth-order valence-electron chi connectivity index (χ4n) is 9.02. The smallest absolute Gasteiger partial charge is 0.419 e. The number of carbonyl (C=O) groups is 5. The Morgan fingerprint density at radius 3 is 1.87 bits per heavy atom. The lowest BCUT2D eigenvalue weighted by molar-refractivity contribution is 0.0159. The van der Waals surface area contributed by atoms with E-state index in [1.54, 1.807) is 4.90 Å². The monoisotopic (exact) mass is 1140 g/mol. The van der Waals surface area contributed by atoms with E-state index in [1.165, 1.54) is 77.9 Å². The molecular formula is C52H58Cl4F4N8O8. The number of hydrogen-bond acceptors (Lipinski definition) is 11. The first kappa shape index (κ1) is 60.7. The average molecular weight is 1140 g/mol. The summed E-state index contributed by atoms with van der Waals surface area (Å²) in [5.41, 5.74) is 8.59. The van der Waals surface area contributed by atoms with E-state index in [0.717, 1.165) is 38.3 Å². The Kier molecular flexibility index (Phi) is 21.8. The summed E-state index contributed by atoms with van der Waals surface area (Å²) < 4.78 is 72.0. The Morgan fingerprint density at radius 2 is 1.32 bits per heavy atom. The average Bonchev–Trinajstić information content (AvgIpc) is 4.22. The molecule has 16 nitrogen and oxygen atoms in total. The van der Waals surface area contributed by atoms with Gasteiger partial charge in [-0.1, -0.05) is 23.2 Å². The molecule has 24 heteroatoms. The van der Waals surface area contributed by atoms with Gasteiger partial charge in [0.15, 0.2) is 0 Å². The minimum atomic E-state index is -0.609. The Hall–Kier alpha value is -6.16. The molecule has 2 fully saturated rings. The number of fused-ring (bicyclic) bond motifs is 2. The van der Waals surface area contributed by atoms with Gasteiger partial charge in [0.25, 0.3) is 11.8 Å². The highest BCUT2D eigenvalue weighted by Gasteiger charge is 2.34. The third kappa shape index (κ3) is 15.7. The lowest BCUT2D eigenvalue weighted by atomic mass is 10.0. The number of carbonyl (C=O) groups excluding carboxylic acids is 5. The second-order valence-electron chi connectivity index (χ2n) is 18.9. The number of nitrogens with one attached hydrogen (secondary N) is 4. The molecule has 2 aliphatic heterocycles. The van der Waals surface area contributed by atoms with Crippen molar-refractivity contribution < 1.29 is 55.7 Å². The van der Waals surface area contributed by atoms with Gasteiger partial charge in [-0.3, -0.25) is 9.59 Å². The summed E-state index contributed by atoms with van der Waals surface area (Å²) in [4.78, 5) is 66.6. The molecule has 0 spiro atoms. The Bertz CT molecular complexity index is 2870. The number of nitrogens with zero attached hydrogens (tertiary/aromatic N) is 3. The number of hydrogen-bond donors (Lipinski definition) is 5. The molecule has 0 unspecified atom stereocenters. The molecule has 3 heterocycles. The van der Waals surface area contributed by atoms with Crippen molar-refractivity contribution in [3.63, 3.8) is 0 Å². The summed E-state index contributed by atoms with van der Waals surface area (Å²) in [5, 5.41) is 11.0. The number of anilines is 2. The molecule has 2 saturated heterocycles. The summed E-state index contributed by atoms with van der Waals surface area (Å²) in [5.74, 6) is -2.89. The highest BCUT2D eigenvalue weighted by atomic mass is 35.5. The van der Waals surface area contributed by atoms with Crippen LogP contribution >= 0.6 is 48.0 Å². The molecule has 410 valence electrons. The molecule has 4 aromatic carbocycles. The number of aromatic nitrogens is 2. The maximum atomic E-state index is 14.6. The fraction of sp³-hybridized carbons (Fsp3) is 0.385. The Balaban J connectivity index is 0.000000213. The number of alkyl carbamates (subject to hydrolysis) is 1. The van der Waals surface area contributed by atoms with Gasteiger partial charge in [0.05, 0.1) is 22.1 Å². The van der Waals surface area contributed by atoms with Gasteiger partial charge < -0.3 is 46.1 Å². The van der Waals surface area contributed by atoms with Gasteiger partial charge in [0, 0.05) is 64.7 Å². The molecule has 6 N–H and O–H groups in total. The van der Waals surface area contributed by atoms with Crippen LogP contribution < -0.4 is 27.0 Å². The summed E-state index contributed by atoms with van der Waals surface area (Å²) in [6, 6.07) is 12.1. The quantitative estimate of drug-likeness (QED) is 0.0693. The number of ether oxygens (including phenoxy) is 3. The van der Waals surface area contributed by atoms with E-state index >= 15 is 0 Å². The summed E-state index contributed by atoms with van der Waals surface area (Å²) >= 11 is 11.4. The van der Waals surface area contributed by atoms with Crippen LogP contribution in [0.1, 0.15) is 114 Å². The number of nitrogens with two attached hydrogens (primary N) is 1. The summed E-state index contributed by atoms with van der Waals surface area (Å²) in [6.45, 7) is 7.44. The first-order valence-corrected chi connectivity index (χ1v) is 24.7. The lowest BCUT2D eigenvalue weighted by Gasteiger charge is -2.28. The van der Waals surface area contributed by atoms with E-state index in [2.05, 4.69) is 26.3 Å². The molecule has 5 aromatic rings. The van der Waals surface area contributed by atoms with Gasteiger partial charge in [-0.05, 0) is 150 Å². The molecule has 1 aromatic heterocycles. The van der Waals surface area contributed by atoms with Crippen molar-refractivity contribution in [2.24, 2.45) is 5.73 Å². The zero-order valence-corrected chi connectivity index (χ0v) is 44.7. The Morgan fingerprint density at radius 1 is 0.737 bits per heavy atom. The number of likely N-dealkylation sites (tertiary alicyclic amines) is 1. The standard InChI is InChI=1S/C22H22ClF2N3O3.C16H13ClF2N2O.C14H21N3O4.2ClH/c23-16-10-12(3-6-17(16)24)27-21(29)15-4-7-18(25)20-14(15)5-8-19(20)28-22(30)31-11-13-2-1-9-26-13;17-11-7-8(1-4-12(11)18)21-16(22)10-2-5-13(19)15-9(10)3-6-14(15)20;1-14(2,3)21-13(19)17-7-4-5-11(17)9-20-12(18)16-8-6-15-10-16;;/h3-4,6-7,10,13,19,26H,1-2,5,8-9,11H2,(H,27,29)(H,28,30);1-2,4-5,7,14H,3,6,20H2,(H,21,22);6,8,10-11H,4-5,7,9H2,1-3H3;2*1H/t13-,19-;14-;11-;;/m000../s1. The molecule has 9 rings (SSSR count). The van der Waals surface area contributed by atoms with E-state index in [9.17, 15) is 41.5 Å². The number of amides is 4. The first-order valence-electron chi connectivity index (χ1n) is 24.0. The fourth-order valence-corrected chi connectivity index (χ4v) is 9.38. The van der Waals surface area contributed by atoms with Gasteiger partial charge >= 0.3 is 18.3 Å². The van der Waals surface area contributed by atoms with E-state index in [4.69, 9.17) is 43.1 Å². The third-order valence-corrected chi connectivity index (χ3v) is 13.1. The topological polar surface area (TPSA) is 208 Å². The second-order valence-corrected chi connectivity index (χ2v) is 19.7. The van der Waals surface area contributed by atoms with Crippen LogP contribution in [0.3, 0.4) is 0 Å². The molecule has 0 bridgehead atoms. The van der Waals surface area contributed by atoms with E-state index in [-0.39, 0.29) is 78.1 Å². The van der Waals surface area contributed by atoms with Crippen molar-refractivity contribution in [2.75, 3.05) is 36.9 Å². The highest BCUT2D eigenvalue weighted by molar-refractivity contribution is 6.31. The minimum Gasteiger partial charge on any atom is -0.448 e. The highest BCUT2D eigenvalue weighted by Crippen LogP contribution is 2.37. The van der Waals surface area contributed by atoms with Crippen LogP contribution in [-0.4, -0.2) is 88.5 Å². The summed E-state index contributed by atoms with van der Waals surface area (Å²) in [6.07, 6.45) is 8.66. The van der Waals surface area contributed by atoms with Crippen LogP contribution in [0.4, 0.5) is 43.3 Å². The van der Waals surface area contributed by atoms with E-state index in [0.29, 0.717) is 77.0 Å². The minimum absolute atomic E-state index is 0. The van der Waals surface area contributed by atoms with Crippen molar-refractivity contribution in [1.82, 2.24) is 25.1 Å². The van der Waals surface area contributed by atoms with Crippen LogP contribution in [-0.2, 0) is 27.1 Å². The molecule has 0 radical (unpaired) electrons. The number of imidazole rings is 1. The molecule has 0 saturated carbocycles. The molecule has 4 aliphatic rings. The molecular weight excluding hydrogens is 1080 g/mol. The zero-order valence-electron chi connectivity index (χ0n) is 41.6. The van der Waals surface area contributed by atoms with Gasteiger partial charge in [-0.25, -0.2) is 41.5 Å². The van der Waals surface area contributed by atoms with E-state index in [1.807, 2.05) is 20.8 Å². The van der Waals surface area contributed by atoms with Gasteiger partial charge in [-0.15, -0.1) is 24.8 Å². The lowest BCUT2D eigenvalue weighted by Crippen LogP contribution is -2.42. The largest absolute Gasteiger partial charge is 0.448 e. The van der Waals surface area contributed by atoms with E-state index < -0.39 is 53.1 Å². The molecule has 4 atom stereocenters. The number of rotatable bonds is 9. The van der Waals surface area contributed by atoms with Gasteiger partial charge in [0.1, 0.15) is 48.4 Å². The van der Waals surface area contributed by atoms with Gasteiger partial charge in [0.2, 0.25) is 0 Å². The first-order chi connectivity index (χ1) is 35.3. The maximum Gasteiger partial charge on any atom is 0.419 e.